The van der Waals surface area contributed by atoms with Gasteiger partial charge in [-0.25, -0.2) is 0 Å². The summed E-state index contributed by atoms with van der Waals surface area (Å²) in [6, 6.07) is 5.87. The van der Waals surface area contributed by atoms with Crippen LogP contribution >= 0.6 is 11.8 Å². The summed E-state index contributed by atoms with van der Waals surface area (Å²) in [6.07, 6.45) is 1.98. The minimum Gasteiger partial charge on any atom is -0.397 e. The van der Waals surface area contributed by atoms with Gasteiger partial charge in [0.1, 0.15) is 0 Å². The van der Waals surface area contributed by atoms with E-state index < -0.39 is 5.60 Å². The molecular formula is C12H20N2OS. The van der Waals surface area contributed by atoms with Gasteiger partial charge in [0.25, 0.3) is 0 Å². The van der Waals surface area contributed by atoms with Gasteiger partial charge >= 0.3 is 0 Å². The van der Waals surface area contributed by atoms with Gasteiger partial charge in [-0.3, -0.25) is 0 Å². The minimum absolute atomic E-state index is 0.501. The fraction of sp³-hybridized carbons (Fsp3) is 0.500. The lowest BCUT2D eigenvalue weighted by Gasteiger charge is -2.23. The lowest BCUT2D eigenvalue weighted by atomic mass is 10.1. The van der Waals surface area contributed by atoms with Crippen LogP contribution in [0.25, 0.3) is 0 Å². The fourth-order valence-electron chi connectivity index (χ4n) is 1.49. The SMILES string of the molecule is CSCC(C)(O)CNc1ccc(C)cc1N. The maximum Gasteiger partial charge on any atom is 0.0881 e. The summed E-state index contributed by atoms with van der Waals surface area (Å²) in [5.74, 6) is 0.700. The van der Waals surface area contributed by atoms with E-state index in [2.05, 4.69) is 5.32 Å². The van der Waals surface area contributed by atoms with Crippen molar-refractivity contribution in [3.8, 4) is 0 Å². The number of nitrogens with two attached hydrogens (primary N) is 1. The normalized spacial score (nSPS) is 14.5. The fourth-order valence-corrected chi connectivity index (χ4v) is 2.21. The molecule has 1 atom stereocenters. The summed E-state index contributed by atoms with van der Waals surface area (Å²) in [7, 11) is 0. The second-order valence-electron chi connectivity index (χ2n) is 4.37. The second-order valence-corrected chi connectivity index (χ2v) is 5.24. The summed E-state index contributed by atoms with van der Waals surface area (Å²) in [5.41, 5.74) is 7.91. The monoisotopic (exact) mass is 240 g/mol. The molecule has 0 amide bonds. The lowest BCUT2D eigenvalue weighted by molar-refractivity contribution is 0.0997. The van der Waals surface area contributed by atoms with E-state index in [9.17, 15) is 5.11 Å². The molecule has 0 saturated carbocycles. The maximum absolute atomic E-state index is 10.00. The number of rotatable bonds is 5. The molecule has 0 spiro atoms. The Morgan fingerprint density at radius 2 is 2.19 bits per heavy atom. The van der Waals surface area contributed by atoms with Crippen molar-refractivity contribution in [1.82, 2.24) is 0 Å². The van der Waals surface area contributed by atoms with Gasteiger partial charge in [0, 0.05) is 12.3 Å². The molecule has 1 aromatic rings. The molecule has 0 saturated heterocycles. The summed E-state index contributed by atoms with van der Waals surface area (Å²) in [6.45, 7) is 4.33. The topological polar surface area (TPSA) is 58.3 Å². The maximum atomic E-state index is 10.00. The molecule has 4 N–H and O–H groups in total. The van der Waals surface area contributed by atoms with Crippen LogP contribution in [0.5, 0.6) is 0 Å². The Morgan fingerprint density at radius 1 is 1.50 bits per heavy atom. The average molecular weight is 240 g/mol. The Morgan fingerprint density at radius 3 is 2.75 bits per heavy atom. The van der Waals surface area contributed by atoms with Crippen molar-refractivity contribution in [2.45, 2.75) is 19.4 Å². The first-order chi connectivity index (χ1) is 7.44. The smallest absolute Gasteiger partial charge is 0.0881 e. The van der Waals surface area contributed by atoms with E-state index >= 15 is 0 Å². The first-order valence-corrected chi connectivity index (χ1v) is 6.65. The highest BCUT2D eigenvalue weighted by atomic mass is 32.2. The molecule has 0 fully saturated rings. The molecule has 0 aliphatic heterocycles. The Labute approximate surface area is 101 Å². The molecule has 90 valence electrons. The molecule has 16 heavy (non-hydrogen) atoms. The summed E-state index contributed by atoms with van der Waals surface area (Å²) in [5, 5.41) is 13.2. The Balaban J connectivity index is 2.61. The highest BCUT2D eigenvalue weighted by Crippen LogP contribution is 2.20. The molecule has 0 bridgehead atoms. The molecule has 1 unspecified atom stereocenters. The molecular weight excluding hydrogens is 220 g/mol. The number of aliphatic hydroxyl groups is 1. The van der Waals surface area contributed by atoms with E-state index in [-0.39, 0.29) is 0 Å². The first-order valence-electron chi connectivity index (χ1n) is 5.26. The molecule has 0 aliphatic rings. The third-order valence-electron chi connectivity index (χ3n) is 2.32. The third-order valence-corrected chi connectivity index (χ3v) is 3.23. The van der Waals surface area contributed by atoms with Crippen molar-refractivity contribution in [2.24, 2.45) is 0 Å². The lowest BCUT2D eigenvalue weighted by Crippen LogP contribution is -2.36. The standard InChI is InChI=1S/C12H20N2OS/c1-9-4-5-11(10(13)6-9)14-7-12(2,15)8-16-3/h4-6,14-15H,7-8,13H2,1-3H3. The second kappa shape index (κ2) is 5.46. The third kappa shape index (κ3) is 3.94. The van der Waals surface area contributed by atoms with Crippen LogP contribution in [0, 0.1) is 6.92 Å². The Bertz CT molecular complexity index is 353. The van der Waals surface area contributed by atoms with Gasteiger partial charge in [-0.1, -0.05) is 6.07 Å². The molecule has 0 aliphatic carbocycles. The Kier molecular flexibility index (Phi) is 4.50. The quantitative estimate of drug-likeness (QED) is 0.690. The molecule has 3 nitrogen and oxygen atoms in total. The van der Waals surface area contributed by atoms with Crippen LogP contribution in [-0.4, -0.2) is 29.3 Å². The predicted molar refractivity (Wildman–Crippen MR) is 73.1 cm³/mol. The number of hydrogen-bond acceptors (Lipinski definition) is 4. The van der Waals surface area contributed by atoms with Crippen molar-refractivity contribution < 1.29 is 5.11 Å². The molecule has 0 radical (unpaired) electrons. The largest absolute Gasteiger partial charge is 0.397 e. The van der Waals surface area contributed by atoms with Crippen molar-refractivity contribution in [3.63, 3.8) is 0 Å². The zero-order valence-corrected chi connectivity index (χ0v) is 10.9. The highest BCUT2D eigenvalue weighted by molar-refractivity contribution is 7.98. The molecule has 1 rings (SSSR count). The van der Waals surface area contributed by atoms with Crippen molar-refractivity contribution >= 4 is 23.1 Å². The molecule has 0 heterocycles. The van der Waals surface area contributed by atoms with Gasteiger partial charge in [0.05, 0.1) is 17.0 Å². The number of anilines is 2. The minimum atomic E-state index is -0.712. The van der Waals surface area contributed by atoms with Gasteiger partial charge < -0.3 is 16.2 Å². The van der Waals surface area contributed by atoms with E-state index in [0.717, 1.165) is 16.9 Å². The van der Waals surface area contributed by atoms with Crippen LogP contribution in [0.2, 0.25) is 0 Å². The van der Waals surface area contributed by atoms with Gasteiger partial charge in [-0.05, 0) is 37.8 Å². The van der Waals surface area contributed by atoms with Crippen LogP contribution < -0.4 is 11.1 Å². The number of aryl methyl sites for hydroxylation is 1. The summed E-state index contributed by atoms with van der Waals surface area (Å²) in [4.78, 5) is 0. The summed E-state index contributed by atoms with van der Waals surface area (Å²) < 4.78 is 0. The Hall–Kier alpha value is -0.870. The number of thioether (sulfide) groups is 1. The van der Waals surface area contributed by atoms with E-state index in [1.165, 1.54) is 0 Å². The van der Waals surface area contributed by atoms with Gasteiger partial charge in [0.2, 0.25) is 0 Å². The van der Waals surface area contributed by atoms with Crippen molar-refractivity contribution in [1.29, 1.82) is 0 Å². The van der Waals surface area contributed by atoms with Gasteiger partial charge in [-0.15, -0.1) is 0 Å². The number of benzene rings is 1. The predicted octanol–water partition coefficient (Wildman–Crippen LogP) is 2.10. The van der Waals surface area contributed by atoms with E-state index in [0.29, 0.717) is 12.3 Å². The number of hydrogen-bond donors (Lipinski definition) is 3. The first kappa shape index (κ1) is 13.2. The van der Waals surface area contributed by atoms with Crippen LogP contribution in [0.3, 0.4) is 0 Å². The zero-order chi connectivity index (χ0) is 12.2. The van der Waals surface area contributed by atoms with Crippen molar-refractivity contribution in [2.75, 3.05) is 29.6 Å². The number of nitrogens with one attached hydrogen (secondary N) is 1. The van der Waals surface area contributed by atoms with E-state index in [4.69, 9.17) is 5.73 Å². The molecule has 0 aromatic heterocycles. The van der Waals surface area contributed by atoms with Crippen LogP contribution in [0.15, 0.2) is 18.2 Å². The summed E-state index contributed by atoms with van der Waals surface area (Å²) >= 11 is 1.63. The van der Waals surface area contributed by atoms with Crippen LogP contribution in [0.4, 0.5) is 11.4 Å². The van der Waals surface area contributed by atoms with E-state index in [1.807, 2.05) is 38.3 Å². The van der Waals surface area contributed by atoms with Gasteiger partial charge in [0.15, 0.2) is 0 Å². The molecule has 4 heteroatoms. The van der Waals surface area contributed by atoms with Crippen molar-refractivity contribution in [3.05, 3.63) is 23.8 Å². The average Bonchev–Trinajstić information content (AvgIpc) is 2.16. The zero-order valence-electron chi connectivity index (χ0n) is 10.1. The van der Waals surface area contributed by atoms with E-state index in [1.54, 1.807) is 11.8 Å². The van der Waals surface area contributed by atoms with Crippen LogP contribution in [-0.2, 0) is 0 Å². The van der Waals surface area contributed by atoms with Gasteiger partial charge in [-0.2, -0.15) is 11.8 Å². The number of nitrogen functional groups attached to an aromatic ring is 1. The van der Waals surface area contributed by atoms with Crippen LogP contribution in [0.1, 0.15) is 12.5 Å². The highest BCUT2D eigenvalue weighted by Gasteiger charge is 2.19. The molecule has 1 aromatic carbocycles.